The highest BCUT2D eigenvalue weighted by atomic mass is 16.2. The largest absolute Gasteiger partial charge is 0.347 e. The Morgan fingerprint density at radius 2 is 2.16 bits per heavy atom. The van der Waals surface area contributed by atoms with Gasteiger partial charge in [0.05, 0.1) is 12.9 Å². The highest BCUT2D eigenvalue weighted by Crippen LogP contribution is 2.27. The van der Waals surface area contributed by atoms with Gasteiger partial charge in [0, 0.05) is 36.7 Å². The summed E-state index contributed by atoms with van der Waals surface area (Å²) in [4.78, 5) is 24.4. The molecule has 1 saturated heterocycles. The van der Waals surface area contributed by atoms with E-state index in [1.165, 1.54) is 24.0 Å². The molecule has 2 heterocycles. The Kier molecular flexibility index (Phi) is 5.53. The van der Waals surface area contributed by atoms with Crippen molar-refractivity contribution < 1.29 is 4.79 Å². The van der Waals surface area contributed by atoms with Crippen LogP contribution in [0.15, 0.2) is 30.7 Å². The number of imidazole rings is 1. The van der Waals surface area contributed by atoms with Crippen LogP contribution in [0.4, 0.5) is 5.69 Å². The molecule has 134 valence electrons. The lowest BCUT2D eigenvalue weighted by Gasteiger charge is -2.41. The van der Waals surface area contributed by atoms with Crippen molar-refractivity contribution in [3.05, 3.63) is 47.5 Å². The molecule has 1 atom stereocenters. The molecule has 25 heavy (non-hydrogen) atoms. The SMILES string of the molecule is CCCC[C@H]1CN(c2cccc(C)c2C)C(=O)CN1Cc1cnc[nH]1. The van der Waals surface area contributed by atoms with Crippen molar-refractivity contribution in [3.63, 3.8) is 0 Å². The van der Waals surface area contributed by atoms with Gasteiger partial charge in [0.15, 0.2) is 0 Å². The normalized spacial score (nSPS) is 18.8. The first-order valence-electron chi connectivity index (χ1n) is 9.18. The number of carbonyl (C=O) groups is 1. The van der Waals surface area contributed by atoms with E-state index in [-0.39, 0.29) is 5.91 Å². The lowest BCUT2D eigenvalue weighted by Crippen LogP contribution is -2.56. The molecule has 1 aliphatic heterocycles. The van der Waals surface area contributed by atoms with Gasteiger partial charge < -0.3 is 9.88 Å². The fourth-order valence-corrected chi connectivity index (χ4v) is 3.57. The number of nitrogens with zero attached hydrogens (tertiary/aromatic N) is 3. The van der Waals surface area contributed by atoms with Crippen LogP contribution in [0.5, 0.6) is 0 Å². The lowest BCUT2D eigenvalue weighted by atomic mass is 10.0. The first-order valence-corrected chi connectivity index (χ1v) is 9.18. The van der Waals surface area contributed by atoms with Crippen molar-refractivity contribution in [2.45, 2.75) is 52.6 Å². The minimum atomic E-state index is 0.181. The summed E-state index contributed by atoms with van der Waals surface area (Å²) in [7, 11) is 0. The fraction of sp³-hybridized carbons (Fsp3) is 0.500. The molecule has 2 aromatic rings. The molecule has 0 bridgehead atoms. The minimum absolute atomic E-state index is 0.181. The number of aromatic amines is 1. The van der Waals surface area contributed by atoms with Crippen LogP contribution in [-0.2, 0) is 11.3 Å². The zero-order chi connectivity index (χ0) is 17.8. The number of anilines is 1. The van der Waals surface area contributed by atoms with Crippen LogP contribution in [0.1, 0.15) is 43.0 Å². The van der Waals surface area contributed by atoms with Gasteiger partial charge in [-0.3, -0.25) is 9.69 Å². The summed E-state index contributed by atoms with van der Waals surface area (Å²) in [5.41, 5.74) is 4.56. The Labute approximate surface area is 150 Å². The number of unbranched alkanes of at least 4 members (excludes halogenated alkanes) is 1. The van der Waals surface area contributed by atoms with Crippen LogP contribution >= 0.6 is 0 Å². The average Bonchev–Trinajstić information content (AvgIpc) is 3.10. The van der Waals surface area contributed by atoms with Gasteiger partial charge in [-0.15, -0.1) is 0 Å². The molecule has 1 amide bonds. The lowest BCUT2D eigenvalue weighted by molar-refractivity contribution is -0.122. The number of benzene rings is 1. The second kappa shape index (κ2) is 7.83. The second-order valence-electron chi connectivity index (χ2n) is 7.00. The molecule has 1 aromatic carbocycles. The number of aryl methyl sites for hydroxylation is 1. The highest BCUT2D eigenvalue weighted by Gasteiger charge is 2.33. The first kappa shape index (κ1) is 17.7. The molecule has 0 radical (unpaired) electrons. The highest BCUT2D eigenvalue weighted by molar-refractivity contribution is 5.96. The summed E-state index contributed by atoms with van der Waals surface area (Å²) in [6.07, 6.45) is 7.01. The fourth-order valence-electron chi connectivity index (χ4n) is 3.57. The number of hydrogen-bond donors (Lipinski definition) is 1. The molecule has 1 fully saturated rings. The van der Waals surface area contributed by atoms with E-state index < -0.39 is 0 Å². The zero-order valence-corrected chi connectivity index (χ0v) is 15.5. The zero-order valence-electron chi connectivity index (χ0n) is 15.5. The number of H-pyrrole nitrogens is 1. The average molecular weight is 340 g/mol. The molecule has 5 nitrogen and oxygen atoms in total. The van der Waals surface area contributed by atoms with E-state index in [9.17, 15) is 4.79 Å². The van der Waals surface area contributed by atoms with E-state index in [2.05, 4.69) is 47.8 Å². The summed E-state index contributed by atoms with van der Waals surface area (Å²) in [5.74, 6) is 0.181. The Morgan fingerprint density at radius 1 is 1.32 bits per heavy atom. The number of hydrogen-bond acceptors (Lipinski definition) is 3. The minimum Gasteiger partial charge on any atom is -0.347 e. The van der Waals surface area contributed by atoms with Gasteiger partial charge in [-0.05, 0) is 37.5 Å². The van der Waals surface area contributed by atoms with Gasteiger partial charge in [-0.25, -0.2) is 4.98 Å². The van der Waals surface area contributed by atoms with E-state index in [1.54, 1.807) is 6.33 Å². The number of nitrogens with one attached hydrogen (secondary N) is 1. The van der Waals surface area contributed by atoms with E-state index in [0.29, 0.717) is 12.6 Å². The molecular weight excluding hydrogens is 312 g/mol. The summed E-state index contributed by atoms with van der Waals surface area (Å²) in [6, 6.07) is 6.60. The summed E-state index contributed by atoms with van der Waals surface area (Å²) >= 11 is 0. The van der Waals surface area contributed by atoms with Gasteiger partial charge in [0.25, 0.3) is 0 Å². The van der Waals surface area contributed by atoms with Crippen LogP contribution in [0.25, 0.3) is 0 Å². The molecule has 0 saturated carbocycles. The van der Waals surface area contributed by atoms with Crippen LogP contribution < -0.4 is 4.90 Å². The third kappa shape index (κ3) is 3.93. The van der Waals surface area contributed by atoms with E-state index >= 15 is 0 Å². The number of amides is 1. The predicted molar refractivity (Wildman–Crippen MR) is 101 cm³/mol. The van der Waals surface area contributed by atoms with Crippen LogP contribution in [0.3, 0.4) is 0 Å². The Bertz CT molecular complexity index is 710. The Hall–Kier alpha value is -2.14. The molecule has 0 unspecified atom stereocenters. The van der Waals surface area contributed by atoms with E-state index in [0.717, 1.165) is 30.9 Å². The quantitative estimate of drug-likeness (QED) is 0.876. The first-order chi connectivity index (χ1) is 12.1. The molecule has 0 aliphatic carbocycles. The smallest absolute Gasteiger partial charge is 0.241 e. The predicted octanol–water partition coefficient (Wildman–Crippen LogP) is 3.43. The Morgan fingerprint density at radius 3 is 2.88 bits per heavy atom. The van der Waals surface area contributed by atoms with Crippen molar-refractivity contribution in [2.75, 3.05) is 18.0 Å². The second-order valence-corrected chi connectivity index (χ2v) is 7.00. The molecular formula is C20H28N4O. The maximum absolute atomic E-state index is 12.9. The van der Waals surface area contributed by atoms with Crippen molar-refractivity contribution >= 4 is 11.6 Å². The molecule has 5 heteroatoms. The maximum atomic E-state index is 12.9. The van der Waals surface area contributed by atoms with Crippen molar-refractivity contribution in [2.24, 2.45) is 0 Å². The summed E-state index contributed by atoms with van der Waals surface area (Å²) in [6.45, 7) is 8.40. The van der Waals surface area contributed by atoms with Gasteiger partial charge >= 0.3 is 0 Å². The van der Waals surface area contributed by atoms with E-state index in [4.69, 9.17) is 0 Å². The topological polar surface area (TPSA) is 52.2 Å². The molecule has 0 spiro atoms. The molecule has 1 N–H and O–H groups in total. The van der Waals surface area contributed by atoms with Gasteiger partial charge in [-0.2, -0.15) is 0 Å². The van der Waals surface area contributed by atoms with Crippen molar-refractivity contribution in [1.29, 1.82) is 0 Å². The van der Waals surface area contributed by atoms with Crippen LogP contribution in [0.2, 0.25) is 0 Å². The maximum Gasteiger partial charge on any atom is 0.241 e. The van der Waals surface area contributed by atoms with Gasteiger partial charge in [0.2, 0.25) is 5.91 Å². The third-order valence-electron chi connectivity index (χ3n) is 5.24. The van der Waals surface area contributed by atoms with Crippen molar-refractivity contribution in [3.8, 4) is 0 Å². The molecule has 3 rings (SSSR count). The number of rotatable bonds is 6. The summed E-state index contributed by atoms with van der Waals surface area (Å²) in [5, 5.41) is 0. The molecule has 1 aliphatic rings. The van der Waals surface area contributed by atoms with Crippen LogP contribution in [-0.4, -0.2) is 39.9 Å². The summed E-state index contributed by atoms with van der Waals surface area (Å²) < 4.78 is 0. The Balaban J connectivity index is 1.82. The van der Waals surface area contributed by atoms with Crippen LogP contribution in [0, 0.1) is 13.8 Å². The third-order valence-corrected chi connectivity index (χ3v) is 5.24. The van der Waals surface area contributed by atoms with E-state index in [1.807, 2.05) is 17.2 Å². The number of piperazine rings is 1. The molecule has 1 aromatic heterocycles. The monoisotopic (exact) mass is 340 g/mol. The standard InChI is InChI=1S/C20H28N4O/c1-4-5-8-18-12-24(19-9-6-7-15(2)16(19)3)20(25)13-23(18)11-17-10-21-14-22-17/h6-7,9-10,14,18H,4-5,8,11-13H2,1-3H3,(H,21,22)/t18-/m0/s1. The van der Waals surface area contributed by atoms with Gasteiger partial charge in [0.1, 0.15) is 0 Å². The number of carbonyl (C=O) groups excluding carboxylic acids is 1. The number of aromatic nitrogens is 2. The van der Waals surface area contributed by atoms with Gasteiger partial charge in [-0.1, -0.05) is 31.9 Å². The van der Waals surface area contributed by atoms with Crippen molar-refractivity contribution in [1.82, 2.24) is 14.9 Å².